The molecule has 0 saturated heterocycles. The van der Waals surface area contributed by atoms with Crippen LogP contribution in [0.25, 0.3) is 23.0 Å². The summed E-state index contributed by atoms with van der Waals surface area (Å²) < 4.78 is 12.8. The van der Waals surface area contributed by atoms with E-state index in [9.17, 15) is 14.0 Å². The standard InChI is InChI=1S/C16H14FN5O.C15H14N6OS/c17-12-7-4-11(5-8-12)6-9-14(23)19-16-20-15(21-22-16)13-3-1-2-10-18-13;22-13(10-23-9-11-5-1-3-7-16-11)18-15-19-14(20-21-15)12-6-2-4-8-17-12/h1-5,7-8,10H,6,9H2,(H2,19,20,21,22,23);1-8H,9-10H2,(H2,18,19,20,21,22). The van der Waals surface area contributed by atoms with Gasteiger partial charge in [-0.25, -0.2) is 4.39 Å². The number of amides is 2. The summed E-state index contributed by atoms with van der Waals surface area (Å²) >= 11 is 1.48. The summed E-state index contributed by atoms with van der Waals surface area (Å²) in [5.74, 6) is 1.79. The van der Waals surface area contributed by atoms with Crippen molar-refractivity contribution in [3.63, 3.8) is 0 Å². The van der Waals surface area contributed by atoms with Crippen LogP contribution in [0.4, 0.5) is 16.3 Å². The lowest BCUT2D eigenvalue weighted by atomic mass is 10.1. The fraction of sp³-hybridized carbons (Fsp3) is 0.129. The average molecular weight is 638 g/mol. The lowest BCUT2D eigenvalue weighted by molar-refractivity contribution is -0.116. The first kappa shape index (κ1) is 31.6. The van der Waals surface area contributed by atoms with Crippen LogP contribution in [-0.4, -0.2) is 62.9 Å². The van der Waals surface area contributed by atoms with Crippen LogP contribution < -0.4 is 10.6 Å². The summed E-state index contributed by atoms with van der Waals surface area (Å²) in [6.07, 6.45) is 5.84. The van der Waals surface area contributed by atoms with E-state index in [2.05, 4.69) is 55.9 Å². The first-order valence-corrected chi connectivity index (χ1v) is 15.2. The number of carbonyl (C=O) groups excluding carboxylic acids is 2. The van der Waals surface area contributed by atoms with Crippen LogP contribution in [0.15, 0.2) is 97.5 Å². The molecule has 46 heavy (non-hydrogen) atoms. The molecule has 0 unspecified atom stereocenters. The number of aromatic amines is 2. The van der Waals surface area contributed by atoms with Gasteiger partial charge in [-0.15, -0.1) is 22.0 Å². The Bertz CT molecular complexity index is 1820. The van der Waals surface area contributed by atoms with Crippen LogP contribution in [0, 0.1) is 5.82 Å². The normalized spacial score (nSPS) is 10.5. The predicted molar refractivity (Wildman–Crippen MR) is 172 cm³/mol. The molecule has 0 fully saturated rings. The Morgan fingerprint density at radius 3 is 1.80 bits per heavy atom. The molecule has 0 radical (unpaired) electrons. The van der Waals surface area contributed by atoms with Crippen LogP contribution in [-0.2, 0) is 21.8 Å². The molecular formula is C31H28FN11O2S. The van der Waals surface area contributed by atoms with Gasteiger partial charge < -0.3 is 0 Å². The lowest BCUT2D eigenvalue weighted by Gasteiger charge is -2.01. The molecule has 232 valence electrons. The second-order valence-corrected chi connectivity index (χ2v) is 10.5. The summed E-state index contributed by atoms with van der Waals surface area (Å²) in [5.41, 5.74) is 3.16. The number of rotatable bonds is 11. The molecule has 6 rings (SSSR count). The lowest BCUT2D eigenvalue weighted by Crippen LogP contribution is -2.15. The third-order valence-corrected chi connectivity index (χ3v) is 7.02. The Kier molecular flexibility index (Phi) is 11.2. The quantitative estimate of drug-likeness (QED) is 0.155. The van der Waals surface area contributed by atoms with Gasteiger partial charge in [0.15, 0.2) is 11.6 Å². The second-order valence-electron chi connectivity index (χ2n) is 9.48. The minimum Gasteiger partial charge on any atom is -0.293 e. The van der Waals surface area contributed by atoms with Crippen molar-refractivity contribution in [2.75, 3.05) is 16.4 Å². The van der Waals surface area contributed by atoms with Gasteiger partial charge >= 0.3 is 0 Å². The zero-order valence-electron chi connectivity index (χ0n) is 24.3. The number of aromatic nitrogens is 9. The zero-order chi connectivity index (χ0) is 32.0. The van der Waals surface area contributed by atoms with E-state index in [-0.39, 0.29) is 35.9 Å². The molecule has 0 atom stereocenters. The van der Waals surface area contributed by atoms with Crippen molar-refractivity contribution in [3.8, 4) is 23.0 Å². The van der Waals surface area contributed by atoms with E-state index >= 15 is 0 Å². The number of pyridine rings is 3. The van der Waals surface area contributed by atoms with Gasteiger partial charge in [-0.2, -0.15) is 9.97 Å². The number of H-pyrrole nitrogens is 2. The Morgan fingerprint density at radius 1 is 0.696 bits per heavy atom. The Labute approximate surface area is 267 Å². The molecular weight excluding hydrogens is 609 g/mol. The molecule has 5 heterocycles. The number of aryl methyl sites for hydroxylation is 1. The molecule has 2 amide bonds. The Morgan fingerprint density at radius 2 is 1.26 bits per heavy atom. The predicted octanol–water partition coefficient (Wildman–Crippen LogP) is 4.71. The highest BCUT2D eigenvalue weighted by molar-refractivity contribution is 7.99. The van der Waals surface area contributed by atoms with Gasteiger partial charge in [0.25, 0.3) is 0 Å². The molecule has 0 aliphatic heterocycles. The number of anilines is 2. The molecule has 1 aromatic carbocycles. The van der Waals surface area contributed by atoms with Crippen molar-refractivity contribution in [3.05, 3.63) is 115 Å². The van der Waals surface area contributed by atoms with Crippen molar-refractivity contribution in [2.24, 2.45) is 0 Å². The van der Waals surface area contributed by atoms with E-state index in [1.807, 2.05) is 42.5 Å². The van der Waals surface area contributed by atoms with Gasteiger partial charge in [0.2, 0.25) is 23.7 Å². The SMILES string of the molecule is O=C(CCc1ccc(F)cc1)Nc1n[nH]c(-c2ccccn2)n1.O=C(CSCc1ccccn1)Nc1n[nH]c(-c2ccccn2)n1. The van der Waals surface area contributed by atoms with Crippen LogP contribution in [0.1, 0.15) is 17.7 Å². The monoisotopic (exact) mass is 637 g/mol. The summed E-state index contributed by atoms with van der Waals surface area (Å²) in [5, 5.41) is 18.7. The van der Waals surface area contributed by atoms with Gasteiger partial charge in [-0.3, -0.25) is 45.4 Å². The van der Waals surface area contributed by atoms with E-state index < -0.39 is 0 Å². The van der Waals surface area contributed by atoms with Gasteiger partial charge in [-0.05, 0) is 60.5 Å². The van der Waals surface area contributed by atoms with Gasteiger partial charge in [0.1, 0.15) is 17.2 Å². The van der Waals surface area contributed by atoms with Crippen LogP contribution in [0.3, 0.4) is 0 Å². The van der Waals surface area contributed by atoms with E-state index in [1.54, 1.807) is 42.9 Å². The summed E-state index contributed by atoms with van der Waals surface area (Å²) in [6, 6.07) is 22.7. The summed E-state index contributed by atoms with van der Waals surface area (Å²) in [4.78, 5) is 44.7. The molecule has 6 aromatic rings. The fourth-order valence-corrected chi connectivity index (χ4v) is 4.60. The van der Waals surface area contributed by atoms with Crippen LogP contribution >= 0.6 is 11.8 Å². The van der Waals surface area contributed by atoms with E-state index in [1.165, 1.54) is 23.9 Å². The van der Waals surface area contributed by atoms with E-state index in [4.69, 9.17) is 0 Å². The number of nitrogens with zero attached hydrogens (tertiary/aromatic N) is 7. The van der Waals surface area contributed by atoms with Crippen LogP contribution in [0.2, 0.25) is 0 Å². The number of carbonyl (C=O) groups is 2. The number of hydrogen-bond acceptors (Lipinski definition) is 10. The third-order valence-electron chi connectivity index (χ3n) is 6.05. The highest BCUT2D eigenvalue weighted by Gasteiger charge is 2.11. The molecule has 0 bridgehead atoms. The highest BCUT2D eigenvalue weighted by Crippen LogP contribution is 2.14. The first-order chi connectivity index (χ1) is 22.5. The summed E-state index contributed by atoms with van der Waals surface area (Å²) in [7, 11) is 0. The number of thioether (sulfide) groups is 1. The minimum absolute atomic E-state index is 0.155. The topological polar surface area (TPSA) is 180 Å². The van der Waals surface area contributed by atoms with E-state index in [0.717, 1.165) is 11.3 Å². The number of halogens is 1. The second kappa shape index (κ2) is 16.3. The molecule has 5 aromatic heterocycles. The van der Waals surface area contributed by atoms with Crippen molar-refractivity contribution < 1.29 is 14.0 Å². The highest BCUT2D eigenvalue weighted by atomic mass is 32.2. The van der Waals surface area contributed by atoms with Gasteiger partial charge in [0, 0.05) is 30.8 Å². The molecule has 15 heteroatoms. The maximum Gasteiger partial charge on any atom is 0.249 e. The largest absolute Gasteiger partial charge is 0.293 e. The van der Waals surface area contributed by atoms with Crippen molar-refractivity contribution in [1.82, 2.24) is 45.3 Å². The van der Waals surface area contributed by atoms with Gasteiger partial charge in [-0.1, -0.05) is 30.3 Å². The number of nitrogens with one attached hydrogen (secondary N) is 4. The van der Waals surface area contributed by atoms with Gasteiger partial charge in [0.05, 0.1) is 11.4 Å². The number of benzene rings is 1. The Hall–Kier alpha value is -5.83. The average Bonchev–Trinajstić information content (AvgIpc) is 3.76. The van der Waals surface area contributed by atoms with E-state index in [0.29, 0.717) is 41.0 Å². The molecule has 0 aliphatic rings. The zero-order valence-corrected chi connectivity index (χ0v) is 25.1. The maximum atomic E-state index is 12.8. The maximum absolute atomic E-state index is 12.8. The first-order valence-electron chi connectivity index (χ1n) is 14.0. The summed E-state index contributed by atoms with van der Waals surface area (Å²) in [6.45, 7) is 0. The van der Waals surface area contributed by atoms with Crippen molar-refractivity contribution in [2.45, 2.75) is 18.6 Å². The molecule has 0 aliphatic carbocycles. The molecule has 0 saturated carbocycles. The van der Waals surface area contributed by atoms with Crippen molar-refractivity contribution in [1.29, 1.82) is 0 Å². The molecule has 4 N–H and O–H groups in total. The smallest absolute Gasteiger partial charge is 0.249 e. The molecule has 13 nitrogen and oxygen atoms in total. The van der Waals surface area contributed by atoms with Crippen molar-refractivity contribution >= 4 is 35.5 Å². The fourth-order valence-electron chi connectivity index (χ4n) is 3.86. The Balaban J connectivity index is 0.000000181. The van der Waals surface area contributed by atoms with Crippen LogP contribution in [0.5, 0.6) is 0 Å². The third kappa shape index (κ3) is 9.85. The minimum atomic E-state index is -0.291. The number of hydrogen-bond donors (Lipinski definition) is 4. The molecule has 0 spiro atoms.